The van der Waals surface area contributed by atoms with Crippen LogP contribution in [0.4, 0.5) is 5.82 Å². The summed E-state index contributed by atoms with van der Waals surface area (Å²) in [6.45, 7) is 14.2. The number of nitrogens with zero attached hydrogens (tertiary/aromatic N) is 2. The van der Waals surface area contributed by atoms with Crippen LogP contribution in [-0.2, 0) is 6.54 Å². The van der Waals surface area contributed by atoms with E-state index in [-0.39, 0.29) is 0 Å². The van der Waals surface area contributed by atoms with Crippen LogP contribution in [0.5, 0.6) is 0 Å². The lowest BCUT2D eigenvalue weighted by atomic mass is 10.2. The molecule has 1 heterocycles. The van der Waals surface area contributed by atoms with Gasteiger partial charge in [0.25, 0.3) is 0 Å². The van der Waals surface area contributed by atoms with Crippen molar-refractivity contribution >= 4 is 5.82 Å². The molecule has 108 valence electrons. The van der Waals surface area contributed by atoms with E-state index in [0.29, 0.717) is 12.0 Å². The Bertz CT molecular complexity index is 361. The summed E-state index contributed by atoms with van der Waals surface area (Å²) in [7, 11) is 0. The van der Waals surface area contributed by atoms with E-state index in [1.165, 1.54) is 5.56 Å². The molecule has 0 aliphatic rings. The van der Waals surface area contributed by atoms with E-state index < -0.39 is 0 Å². The predicted octanol–water partition coefficient (Wildman–Crippen LogP) is 3.45. The highest BCUT2D eigenvalue weighted by atomic mass is 15.2. The maximum atomic E-state index is 4.52. The van der Waals surface area contributed by atoms with E-state index in [9.17, 15) is 0 Å². The number of pyridine rings is 1. The third-order valence-corrected chi connectivity index (χ3v) is 3.07. The summed E-state index contributed by atoms with van der Waals surface area (Å²) in [5.41, 5.74) is 1.31. The molecule has 0 fully saturated rings. The SMILES string of the molecule is CCCN(c1cc(CNCC(C)C)ccn1)C(C)C. The molecule has 19 heavy (non-hydrogen) atoms. The lowest BCUT2D eigenvalue weighted by molar-refractivity contribution is 0.552. The van der Waals surface area contributed by atoms with Crippen LogP contribution in [-0.4, -0.2) is 24.1 Å². The standard InChI is InChI=1S/C16H29N3/c1-6-9-19(14(4)5)16-10-15(7-8-18-16)12-17-11-13(2)3/h7-8,10,13-14,17H,6,9,11-12H2,1-5H3. The number of anilines is 1. The average Bonchev–Trinajstić information content (AvgIpc) is 2.35. The molecule has 0 atom stereocenters. The maximum Gasteiger partial charge on any atom is 0.129 e. The molecule has 0 spiro atoms. The molecular formula is C16H29N3. The van der Waals surface area contributed by atoms with Gasteiger partial charge in [-0.15, -0.1) is 0 Å². The van der Waals surface area contributed by atoms with Crippen LogP contribution in [0.15, 0.2) is 18.3 Å². The summed E-state index contributed by atoms with van der Waals surface area (Å²) in [5.74, 6) is 1.79. The first-order valence-corrected chi connectivity index (χ1v) is 7.46. The Kier molecular flexibility index (Phi) is 6.85. The number of rotatable bonds is 8. The van der Waals surface area contributed by atoms with Crippen molar-refractivity contribution in [3.05, 3.63) is 23.9 Å². The van der Waals surface area contributed by atoms with E-state index in [0.717, 1.165) is 31.9 Å². The molecule has 0 bridgehead atoms. The van der Waals surface area contributed by atoms with Gasteiger partial charge in [0.15, 0.2) is 0 Å². The molecule has 1 N–H and O–H groups in total. The molecule has 0 aliphatic heterocycles. The van der Waals surface area contributed by atoms with Gasteiger partial charge in [0.1, 0.15) is 5.82 Å². The first kappa shape index (κ1) is 16.0. The normalized spacial score (nSPS) is 11.3. The molecule has 0 aromatic carbocycles. The van der Waals surface area contributed by atoms with Crippen molar-refractivity contribution in [1.82, 2.24) is 10.3 Å². The van der Waals surface area contributed by atoms with Gasteiger partial charge in [-0.1, -0.05) is 20.8 Å². The lowest BCUT2D eigenvalue weighted by Gasteiger charge is -2.27. The number of hydrogen-bond donors (Lipinski definition) is 1. The van der Waals surface area contributed by atoms with Gasteiger partial charge in [-0.3, -0.25) is 0 Å². The van der Waals surface area contributed by atoms with E-state index in [1.54, 1.807) is 0 Å². The van der Waals surface area contributed by atoms with Crippen LogP contribution in [0.3, 0.4) is 0 Å². The summed E-state index contributed by atoms with van der Waals surface area (Å²) in [6.07, 6.45) is 3.07. The molecule has 1 aromatic rings. The molecule has 1 aromatic heterocycles. The van der Waals surface area contributed by atoms with Crippen molar-refractivity contribution in [2.24, 2.45) is 5.92 Å². The third-order valence-electron chi connectivity index (χ3n) is 3.07. The van der Waals surface area contributed by atoms with E-state index in [1.807, 2.05) is 6.20 Å². The second-order valence-corrected chi connectivity index (χ2v) is 5.83. The monoisotopic (exact) mass is 263 g/mol. The Labute approximate surface area is 118 Å². The molecule has 0 radical (unpaired) electrons. The minimum Gasteiger partial charge on any atom is -0.354 e. The van der Waals surface area contributed by atoms with Gasteiger partial charge in [-0.05, 0) is 50.4 Å². The Hall–Kier alpha value is -1.09. The zero-order valence-electron chi connectivity index (χ0n) is 13.1. The summed E-state index contributed by atoms with van der Waals surface area (Å²) in [5, 5.41) is 3.48. The molecule has 0 saturated carbocycles. The Morgan fingerprint density at radius 3 is 2.58 bits per heavy atom. The van der Waals surface area contributed by atoms with E-state index in [2.05, 4.69) is 62.0 Å². The number of hydrogen-bond acceptors (Lipinski definition) is 3. The smallest absolute Gasteiger partial charge is 0.129 e. The first-order valence-electron chi connectivity index (χ1n) is 7.46. The summed E-state index contributed by atoms with van der Waals surface area (Å²) < 4.78 is 0. The fourth-order valence-corrected chi connectivity index (χ4v) is 2.11. The van der Waals surface area contributed by atoms with Crippen molar-refractivity contribution in [2.45, 2.75) is 53.6 Å². The average molecular weight is 263 g/mol. The van der Waals surface area contributed by atoms with Crippen molar-refractivity contribution in [2.75, 3.05) is 18.0 Å². The molecule has 1 rings (SSSR count). The zero-order valence-corrected chi connectivity index (χ0v) is 13.1. The Morgan fingerprint density at radius 1 is 1.26 bits per heavy atom. The zero-order chi connectivity index (χ0) is 14.3. The Balaban J connectivity index is 2.69. The maximum absolute atomic E-state index is 4.52. The fourth-order valence-electron chi connectivity index (χ4n) is 2.11. The van der Waals surface area contributed by atoms with Crippen molar-refractivity contribution < 1.29 is 0 Å². The fraction of sp³-hybridized carbons (Fsp3) is 0.688. The number of aromatic nitrogens is 1. The van der Waals surface area contributed by atoms with Crippen LogP contribution < -0.4 is 10.2 Å². The van der Waals surface area contributed by atoms with Gasteiger partial charge in [0, 0.05) is 25.3 Å². The molecule has 0 saturated heterocycles. The molecular weight excluding hydrogens is 234 g/mol. The van der Waals surface area contributed by atoms with Crippen molar-refractivity contribution in [3.63, 3.8) is 0 Å². The predicted molar refractivity (Wildman–Crippen MR) is 83.6 cm³/mol. The van der Waals surface area contributed by atoms with E-state index in [4.69, 9.17) is 0 Å². The van der Waals surface area contributed by atoms with Gasteiger partial charge >= 0.3 is 0 Å². The first-order chi connectivity index (χ1) is 9.04. The van der Waals surface area contributed by atoms with Crippen LogP contribution in [0, 0.1) is 5.92 Å². The molecule has 3 nitrogen and oxygen atoms in total. The minimum absolute atomic E-state index is 0.492. The van der Waals surface area contributed by atoms with Crippen molar-refractivity contribution in [1.29, 1.82) is 0 Å². The molecule has 0 amide bonds. The highest BCUT2D eigenvalue weighted by Gasteiger charge is 2.11. The quantitative estimate of drug-likeness (QED) is 0.778. The highest BCUT2D eigenvalue weighted by Crippen LogP contribution is 2.16. The molecule has 3 heteroatoms. The van der Waals surface area contributed by atoms with Gasteiger partial charge < -0.3 is 10.2 Å². The topological polar surface area (TPSA) is 28.2 Å². The van der Waals surface area contributed by atoms with Gasteiger partial charge in [-0.25, -0.2) is 4.98 Å². The largest absolute Gasteiger partial charge is 0.354 e. The van der Waals surface area contributed by atoms with Gasteiger partial charge in [0.05, 0.1) is 0 Å². The lowest BCUT2D eigenvalue weighted by Crippen LogP contribution is -2.32. The summed E-state index contributed by atoms with van der Waals surface area (Å²) in [4.78, 5) is 6.89. The van der Waals surface area contributed by atoms with E-state index >= 15 is 0 Å². The van der Waals surface area contributed by atoms with Crippen LogP contribution in [0.1, 0.15) is 46.6 Å². The van der Waals surface area contributed by atoms with Crippen molar-refractivity contribution in [3.8, 4) is 0 Å². The summed E-state index contributed by atoms with van der Waals surface area (Å²) >= 11 is 0. The second-order valence-electron chi connectivity index (χ2n) is 5.83. The number of nitrogens with one attached hydrogen (secondary N) is 1. The second kappa shape index (κ2) is 8.16. The van der Waals surface area contributed by atoms with Gasteiger partial charge in [-0.2, -0.15) is 0 Å². The Morgan fingerprint density at radius 2 is 2.00 bits per heavy atom. The highest BCUT2D eigenvalue weighted by molar-refractivity contribution is 5.41. The van der Waals surface area contributed by atoms with Crippen LogP contribution >= 0.6 is 0 Å². The van der Waals surface area contributed by atoms with Gasteiger partial charge in [0.2, 0.25) is 0 Å². The molecule has 0 aliphatic carbocycles. The third kappa shape index (κ3) is 5.60. The summed E-state index contributed by atoms with van der Waals surface area (Å²) in [6, 6.07) is 4.80. The minimum atomic E-state index is 0.492. The van der Waals surface area contributed by atoms with Crippen LogP contribution in [0.2, 0.25) is 0 Å². The molecule has 0 unspecified atom stereocenters. The van der Waals surface area contributed by atoms with Crippen LogP contribution in [0.25, 0.3) is 0 Å².